The normalized spacial score (nSPS) is 23.0. The van der Waals surface area contributed by atoms with E-state index in [-0.39, 0.29) is 23.4 Å². The summed E-state index contributed by atoms with van der Waals surface area (Å²) in [5.41, 5.74) is 6.41. The Hall–Kier alpha value is -1.62. The molecule has 2 rings (SSSR count). The number of anilines is 1. The average molecular weight is 249 g/mol. The predicted octanol–water partition coefficient (Wildman–Crippen LogP) is 0.934. The Morgan fingerprint density at radius 2 is 2.28 bits per heavy atom. The molecule has 1 aromatic rings. The lowest BCUT2D eigenvalue weighted by atomic mass is 10.1. The van der Waals surface area contributed by atoms with Crippen molar-refractivity contribution in [2.75, 3.05) is 5.32 Å². The molecule has 0 saturated heterocycles. The van der Waals surface area contributed by atoms with Crippen LogP contribution in [0.2, 0.25) is 0 Å². The van der Waals surface area contributed by atoms with E-state index in [0.717, 1.165) is 19.3 Å². The molecule has 0 bridgehead atoms. The molecule has 1 heterocycles. The molecule has 5 nitrogen and oxygen atoms in total. The van der Waals surface area contributed by atoms with Crippen molar-refractivity contribution in [1.29, 1.82) is 0 Å². The molecule has 1 aliphatic carbocycles. The third-order valence-corrected chi connectivity index (χ3v) is 3.44. The number of rotatable bonds is 3. The van der Waals surface area contributed by atoms with E-state index in [2.05, 4.69) is 5.32 Å². The topological polar surface area (TPSA) is 77.1 Å². The van der Waals surface area contributed by atoms with E-state index >= 15 is 0 Å². The lowest BCUT2D eigenvalue weighted by Crippen LogP contribution is -2.24. The number of hydrogen-bond donors (Lipinski definition) is 2. The first kappa shape index (κ1) is 12.8. The van der Waals surface area contributed by atoms with Gasteiger partial charge in [-0.1, -0.05) is 0 Å². The number of aromatic nitrogens is 1. The van der Waals surface area contributed by atoms with E-state index < -0.39 is 0 Å². The minimum Gasteiger partial charge on any atom is -0.328 e. The smallest absolute Gasteiger partial charge is 0.250 e. The highest BCUT2D eigenvalue weighted by Crippen LogP contribution is 2.25. The molecule has 1 amide bonds. The Morgan fingerprint density at radius 1 is 1.50 bits per heavy atom. The Bertz CT molecular complexity index is 495. The fraction of sp³-hybridized carbons (Fsp3) is 0.538. The summed E-state index contributed by atoms with van der Waals surface area (Å²) in [4.78, 5) is 23.4. The van der Waals surface area contributed by atoms with Gasteiger partial charge in [-0.05, 0) is 32.3 Å². The zero-order valence-electron chi connectivity index (χ0n) is 10.6. The number of carbonyl (C=O) groups excluding carboxylic acids is 1. The van der Waals surface area contributed by atoms with Crippen LogP contribution in [0.4, 0.5) is 5.69 Å². The van der Waals surface area contributed by atoms with Crippen molar-refractivity contribution in [1.82, 2.24) is 4.57 Å². The van der Waals surface area contributed by atoms with Crippen molar-refractivity contribution < 1.29 is 4.79 Å². The van der Waals surface area contributed by atoms with E-state index in [1.165, 1.54) is 6.07 Å². The van der Waals surface area contributed by atoms with Crippen LogP contribution in [0.1, 0.15) is 26.2 Å². The lowest BCUT2D eigenvalue weighted by molar-refractivity contribution is -0.119. The van der Waals surface area contributed by atoms with Crippen molar-refractivity contribution in [3.05, 3.63) is 28.7 Å². The molecule has 2 atom stereocenters. The summed E-state index contributed by atoms with van der Waals surface area (Å²) in [7, 11) is 0. The molecule has 0 aromatic carbocycles. The van der Waals surface area contributed by atoms with Crippen LogP contribution >= 0.6 is 0 Å². The maximum absolute atomic E-state index is 12.0. The lowest BCUT2D eigenvalue weighted by Gasteiger charge is -2.11. The zero-order valence-corrected chi connectivity index (χ0v) is 10.6. The van der Waals surface area contributed by atoms with Gasteiger partial charge in [-0.25, -0.2) is 0 Å². The summed E-state index contributed by atoms with van der Waals surface area (Å²) in [6.07, 6.45) is 4.18. The van der Waals surface area contributed by atoms with Gasteiger partial charge in [-0.15, -0.1) is 0 Å². The van der Waals surface area contributed by atoms with Crippen LogP contribution in [-0.4, -0.2) is 16.5 Å². The van der Waals surface area contributed by atoms with Crippen molar-refractivity contribution in [2.24, 2.45) is 11.7 Å². The van der Waals surface area contributed by atoms with Gasteiger partial charge in [0.15, 0.2) is 0 Å². The molecule has 1 aliphatic rings. The summed E-state index contributed by atoms with van der Waals surface area (Å²) in [6, 6.07) is 3.26. The first-order valence-corrected chi connectivity index (χ1v) is 6.37. The molecule has 18 heavy (non-hydrogen) atoms. The van der Waals surface area contributed by atoms with Crippen LogP contribution in [-0.2, 0) is 11.3 Å². The summed E-state index contributed by atoms with van der Waals surface area (Å²) in [5.74, 6) is 0.00579. The quantitative estimate of drug-likeness (QED) is 0.836. The van der Waals surface area contributed by atoms with Crippen molar-refractivity contribution in [3.8, 4) is 0 Å². The molecular formula is C13H19N3O2. The molecule has 1 aromatic heterocycles. The highest BCUT2D eigenvalue weighted by Gasteiger charge is 2.27. The number of nitrogens with zero attached hydrogens (tertiary/aromatic N) is 1. The zero-order chi connectivity index (χ0) is 13.1. The number of pyridine rings is 1. The predicted molar refractivity (Wildman–Crippen MR) is 70.3 cm³/mol. The van der Waals surface area contributed by atoms with Crippen molar-refractivity contribution >= 4 is 11.6 Å². The highest BCUT2D eigenvalue weighted by molar-refractivity contribution is 5.92. The molecule has 0 spiro atoms. The maximum atomic E-state index is 12.0. The van der Waals surface area contributed by atoms with Gasteiger partial charge in [0.25, 0.3) is 5.56 Å². The molecule has 1 fully saturated rings. The van der Waals surface area contributed by atoms with Crippen LogP contribution in [0.5, 0.6) is 0 Å². The maximum Gasteiger partial charge on any atom is 0.250 e. The van der Waals surface area contributed by atoms with Gasteiger partial charge in [-0.3, -0.25) is 9.59 Å². The Labute approximate surface area is 106 Å². The van der Waals surface area contributed by atoms with Gasteiger partial charge in [0.05, 0.1) is 5.69 Å². The molecule has 98 valence electrons. The minimum absolute atomic E-state index is 0.00186. The Kier molecular flexibility index (Phi) is 3.81. The van der Waals surface area contributed by atoms with Crippen molar-refractivity contribution in [3.63, 3.8) is 0 Å². The third kappa shape index (κ3) is 2.79. The van der Waals surface area contributed by atoms with E-state index in [0.29, 0.717) is 12.2 Å². The number of nitrogens with one attached hydrogen (secondary N) is 1. The first-order chi connectivity index (χ1) is 8.60. The van der Waals surface area contributed by atoms with Gasteiger partial charge in [0, 0.05) is 30.8 Å². The average Bonchev–Trinajstić information content (AvgIpc) is 2.78. The van der Waals surface area contributed by atoms with Gasteiger partial charge in [0.2, 0.25) is 5.91 Å². The van der Waals surface area contributed by atoms with Crippen molar-refractivity contribution in [2.45, 2.75) is 38.8 Å². The first-order valence-electron chi connectivity index (χ1n) is 6.37. The fourth-order valence-corrected chi connectivity index (χ4v) is 2.35. The number of nitrogens with two attached hydrogens (primary N) is 1. The van der Waals surface area contributed by atoms with Crippen LogP contribution in [0, 0.1) is 5.92 Å². The van der Waals surface area contributed by atoms with Crippen LogP contribution < -0.4 is 16.6 Å². The summed E-state index contributed by atoms with van der Waals surface area (Å²) in [5, 5.41) is 2.85. The van der Waals surface area contributed by atoms with Gasteiger partial charge in [-0.2, -0.15) is 0 Å². The Balaban J connectivity index is 2.05. The summed E-state index contributed by atoms with van der Waals surface area (Å²) >= 11 is 0. The third-order valence-electron chi connectivity index (χ3n) is 3.44. The second kappa shape index (κ2) is 5.35. The summed E-state index contributed by atoms with van der Waals surface area (Å²) in [6.45, 7) is 2.49. The van der Waals surface area contributed by atoms with Crippen LogP contribution in [0.3, 0.4) is 0 Å². The second-order valence-electron chi connectivity index (χ2n) is 4.80. The number of hydrogen-bond acceptors (Lipinski definition) is 3. The standard InChI is InChI=1S/C13H19N3O2/c1-2-16-8-11(5-6-12(16)17)15-13(18)9-3-4-10(14)7-9/h5-6,8-10H,2-4,7,14H2,1H3,(H,15,18). The van der Waals surface area contributed by atoms with Gasteiger partial charge >= 0.3 is 0 Å². The molecule has 1 saturated carbocycles. The Morgan fingerprint density at radius 3 is 2.89 bits per heavy atom. The van der Waals surface area contributed by atoms with Crippen LogP contribution in [0.15, 0.2) is 23.1 Å². The monoisotopic (exact) mass is 249 g/mol. The van der Waals surface area contributed by atoms with E-state index in [9.17, 15) is 9.59 Å². The molecule has 5 heteroatoms. The number of aryl methyl sites for hydroxylation is 1. The SMILES string of the molecule is CCn1cc(NC(=O)C2CCC(N)C2)ccc1=O. The number of carbonyl (C=O) groups is 1. The summed E-state index contributed by atoms with van der Waals surface area (Å²) < 4.78 is 1.57. The molecule has 0 aliphatic heterocycles. The van der Waals surface area contributed by atoms with Gasteiger partial charge < -0.3 is 15.6 Å². The fourth-order valence-electron chi connectivity index (χ4n) is 2.35. The molecule has 0 radical (unpaired) electrons. The van der Waals surface area contributed by atoms with Crippen LogP contribution in [0.25, 0.3) is 0 Å². The van der Waals surface area contributed by atoms with E-state index in [4.69, 9.17) is 5.73 Å². The van der Waals surface area contributed by atoms with E-state index in [1.807, 2.05) is 6.92 Å². The molecule has 2 unspecified atom stereocenters. The second-order valence-corrected chi connectivity index (χ2v) is 4.80. The van der Waals surface area contributed by atoms with E-state index in [1.54, 1.807) is 16.8 Å². The number of amides is 1. The molecular weight excluding hydrogens is 230 g/mol. The molecule has 3 N–H and O–H groups in total. The minimum atomic E-state index is -0.0570. The highest BCUT2D eigenvalue weighted by atomic mass is 16.2. The van der Waals surface area contributed by atoms with Gasteiger partial charge in [0.1, 0.15) is 0 Å². The largest absolute Gasteiger partial charge is 0.328 e.